The average Bonchev–Trinajstić information content (AvgIpc) is 2.73. The van der Waals surface area contributed by atoms with Crippen LogP contribution in [0.3, 0.4) is 0 Å². The van der Waals surface area contributed by atoms with Gasteiger partial charge in [-0.1, -0.05) is 18.2 Å². The van der Waals surface area contributed by atoms with Gasteiger partial charge in [-0.05, 0) is 48.4 Å². The van der Waals surface area contributed by atoms with Gasteiger partial charge in [0.1, 0.15) is 11.5 Å². The van der Waals surface area contributed by atoms with Gasteiger partial charge >= 0.3 is 0 Å². The second-order valence-electron chi connectivity index (χ2n) is 6.78. The molecule has 5 heteroatoms. The van der Waals surface area contributed by atoms with E-state index < -0.39 is 0 Å². The largest absolute Gasteiger partial charge is 0.497 e. The van der Waals surface area contributed by atoms with Crippen molar-refractivity contribution in [3.05, 3.63) is 82.3 Å². The molecular weight excluding hydrogens is 352 g/mol. The Balaban J connectivity index is 1.81. The van der Waals surface area contributed by atoms with Gasteiger partial charge in [0.25, 0.3) is 0 Å². The zero-order chi connectivity index (χ0) is 20.1. The van der Waals surface area contributed by atoms with Crippen LogP contribution in [0.2, 0.25) is 0 Å². The van der Waals surface area contributed by atoms with Crippen LogP contribution >= 0.6 is 0 Å². The van der Waals surface area contributed by atoms with E-state index in [0.717, 1.165) is 28.2 Å². The lowest BCUT2D eigenvalue weighted by atomic mass is 10.0. The van der Waals surface area contributed by atoms with E-state index in [0.29, 0.717) is 6.54 Å². The molecule has 0 aliphatic carbocycles. The minimum absolute atomic E-state index is 0.0346. The standard InChI is InChI=1S/C23H26N2O3/c1-16(18-6-5-7-20(13-18)27-3)24-14-17-8-10-22(28-4)21(12-17)19-9-11-23(26)25(2)15-19/h5-13,15-16,24H,14H2,1-4H3/t16-/m1/s1. The first kappa shape index (κ1) is 19.7. The molecule has 0 amide bonds. The zero-order valence-corrected chi connectivity index (χ0v) is 16.7. The predicted molar refractivity (Wildman–Crippen MR) is 112 cm³/mol. The van der Waals surface area contributed by atoms with Gasteiger partial charge < -0.3 is 19.4 Å². The smallest absolute Gasteiger partial charge is 0.250 e. The normalized spacial score (nSPS) is 11.9. The van der Waals surface area contributed by atoms with Crippen molar-refractivity contribution >= 4 is 0 Å². The van der Waals surface area contributed by atoms with Crippen molar-refractivity contribution in [3.63, 3.8) is 0 Å². The fraction of sp³-hybridized carbons (Fsp3) is 0.261. The summed E-state index contributed by atoms with van der Waals surface area (Å²) in [4.78, 5) is 11.7. The van der Waals surface area contributed by atoms with E-state index in [-0.39, 0.29) is 11.6 Å². The van der Waals surface area contributed by atoms with Crippen molar-refractivity contribution < 1.29 is 9.47 Å². The molecule has 0 radical (unpaired) electrons. The van der Waals surface area contributed by atoms with E-state index in [9.17, 15) is 4.79 Å². The number of aryl methyl sites for hydroxylation is 1. The maximum atomic E-state index is 11.7. The Morgan fingerprint density at radius 3 is 2.57 bits per heavy atom. The van der Waals surface area contributed by atoms with Crippen LogP contribution in [-0.4, -0.2) is 18.8 Å². The van der Waals surface area contributed by atoms with Gasteiger partial charge in [-0.25, -0.2) is 0 Å². The number of methoxy groups -OCH3 is 2. The fourth-order valence-corrected chi connectivity index (χ4v) is 3.14. The van der Waals surface area contributed by atoms with Crippen molar-refractivity contribution in [1.29, 1.82) is 0 Å². The van der Waals surface area contributed by atoms with E-state index in [1.54, 1.807) is 31.9 Å². The third-order valence-electron chi connectivity index (χ3n) is 4.87. The molecule has 0 aliphatic rings. The number of aromatic nitrogens is 1. The molecule has 3 aromatic rings. The third-order valence-corrected chi connectivity index (χ3v) is 4.87. The average molecular weight is 378 g/mol. The Morgan fingerprint density at radius 2 is 1.86 bits per heavy atom. The van der Waals surface area contributed by atoms with Crippen molar-refractivity contribution in [2.24, 2.45) is 7.05 Å². The maximum Gasteiger partial charge on any atom is 0.250 e. The van der Waals surface area contributed by atoms with Gasteiger partial charge in [-0.3, -0.25) is 4.79 Å². The summed E-state index contributed by atoms with van der Waals surface area (Å²) in [6, 6.07) is 17.8. The Morgan fingerprint density at radius 1 is 1.04 bits per heavy atom. The van der Waals surface area contributed by atoms with Crippen molar-refractivity contribution in [1.82, 2.24) is 9.88 Å². The van der Waals surface area contributed by atoms with Gasteiger partial charge in [-0.15, -0.1) is 0 Å². The van der Waals surface area contributed by atoms with Gasteiger partial charge in [0.15, 0.2) is 0 Å². The number of nitrogens with one attached hydrogen (secondary N) is 1. The number of pyridine rings is 1. The Labute approximate surface area is 165 Å². The molecule has 1 atom stereocenters. The molecule has 0 unspecified atom stereocenters. The fourth-order valence-electron chi connectivity index (χ4n) is 3.14. The third kappa shape index (κ3) is 4.43. The van der Waals surface area contributed by atoms with Gasteiger partial charge in [0.05, 0.1) is 14.2 Å². The molecule has 2 aromatic carbocycles. The van der Waals surface area contributed by atoms with Crippen LogP contribution in [0.5, 0.6) is 11.5 Å². The molecule has 1 N–H and O–H groups in total. The summed E-state index contributed by atoms with van der Waals surface area (Å²) < 4.78 is 12.4. The second kappa shape index (κ2) is 8.76. The molecule has 5 nitrogen and oxygen atoms in total. The number of hydrogen-bond acceptors (Lipinski definition) is 4. The second-order valence-corrected chi connectivity index (χ2v) is 6.78. The summed E-state index contributed by atoms with van der Waals surface area (Å²) in [6.07, 6.45) is 1.83. The molecule has 146 valence electrons. The first-order chi connectivity index (χ1) is 13.5. The molecule has 0 fully saturated rings. The molecule has 3 rings (SSSR count). The number of ether oxygens (including phenoxy) is 2. The highest BCUT2D eigenvalue weighted by Crippen LogP contribution is 2.30. The molecule has 0 aliphatic heterocycles. The summed E-state index contributed by atoms with van der Waals surface area (Å²) in [7, 11) is 5.08. The zero-order valence-electron chi connectivity index (χ0n) is 16.7. The van der Waals surface area contributed by atoms with Crippen LogP contribution in [0.4, 0.5) is 0 Å². The minimum atomic E-state index is -0.0346. The molecule has 0 saturated carbocycles. The Hall–Kier alpha value is -3.05. The minimum Gasteiger partial charge on any atom is -0.497 e. The lowest BCUT2D eigenvalue weighted by Crippen LogP contribution is -2.18. The SMILES string of the molecule is COc1cccc([C@@H](C)NCc2ccc(OC)c(-c3ccc(=O)n(C)c3)c2)c1. The van der Waals surface area contributed by atoms with Gasteiger partial charge in [0.2, 0.25) is 5.56 Å². The lowest BCUT2D eigenvalue weighted by molar-refractivity contribution is 0.413. The van der Waals surface area contributed by atoms with E-state index in [1.165, 1.54) is 5.56 Å². The summed E-state index contributed by atoms with van der Waals surface area (Å²) in [6.45, 7) is 2.84. The van der Waals surface area contributed by atoms with Crippen LogP contribution in [0, 0.1) is 0 Å². The summed E-state index contributed by atoms with van der Waals surface area (Å²) in [5.74, 6) is 1.64. The summed E-state index contributed by atoms with van der Waals surface area (Å²) in [5.41, 5.74) is 4.19. The Kier molecular flexibility index (Phi) is 6.16. The highest BCUT2D eigenvalue weighted by atomic mass is 16.5. The van der Waals surface area contributed by atoms with E-state index in [1.807, 2.05) is 36.5 Å². The molecule has 0 saturated heterocycles. The summed E-state index contributed by atoms with van der Waals surface area (Å²) >= 11 is 0. The van der Waals surface area contributed by atoms with E-state index >= 15 is 0 Å². The van der Waals surface area contributed by atoms with Crippen LogP contribution in [0.15, 0.2) is 65.6 Å². The van der Waals surface area contributed by atoms with Crippen molar-refractivity contribution in [3.8, 4) is 22.6 Å². The first-order valence-corrected chi connectivity index (χ1v) is 9.23. The predicted octanol–water partition coefficient (Wildman–Crippen LogP) is 3.92. The van der Waals surface area contributed by atoms with Crippen LogP contribution < -0.4 is 20.3 Å². The molecule has 0 spiro atoms. The summed E-state index contributed by atoms with van der Waals surface area (Å²) in [5, 5.41) is 3.55. The Bertz CT molecular complexity index is 1010. The molecule has 28 heavy (non-hydrogen) atoms. The van der Waals surface area contributed by atoms with Crippen LogP contribution in [0.25, 0.3) is 11.1 Å². The van der Waals surface area contributed by atoms with E-state index in [4.69, 9.17) is 9.47 Å². The number of benzene rings is 2. The first-order valence-electron chi connectivity index (χ1n) is 9.23. The van der Waals surface area contributed by atoms with Crippen LogP contribution in [-0.2, 0) is 13.6 Å². The quantitative estimate of drug-likeness (QED) is 0.677. The monoisotopic (exact) mass is 378 g/mol. The maximum absolute atomic E-state index is 11.7. The lowest BCUT2D eigenvalue weighted by Gasteiger charge is -2.17. The molecule has 0 bridgehead atoms. The number of nitrogens with zero attached hydrogens (tertiary/aromatic N) is 1. The highest BCUT2D eigenvalue weighted by Gasteiger charge is 2.10. The van der Waals surface area contributed by atoms with Crippen molar-refractivity contribution in [2.45, 2.75) is 19.5 Å². The molecule has 1 heterocycles. The molecular formula is C23H26N2O3. The topological polar surface area (TPSA) is 52.5 Å². The number of hydrogen-bond donors (Lipinski definition) is 1. The van der Waals surface area contributed by atoms with Gasteiger partial charge in [0, 0.05) is 43.0 Å². The van der Waals surface area contributed by atoms with Gasteiger partial charge in [-0.2, -0.15) is 0 Å². The van der Waals surface area contributed by atoms with Crippen LogP contribution in [0.1, 0.15) is 24.1 Å². The number of rotatable bonds is 7. The molecule has 1 aromatic heterocycles. The highest BCUT2D eigenvalue weighted by molar-refractivity contribution is 5.70. The van der Waals surface area contributed by atoms with Crippen molar-refractivity contribution in [2.75, 3.05) is 14.2 Å². The van der Waals surface area contributed by atoms with E-state index in [2.05, 4.69) is 30.4 Å².